The van der Waals surface area contributed by atoms with Crippen molar-refractivity contribution in [3.63, 3.8) is 0 Å². The van der Waals surface area contributed by atoms with Crippen LogP contribution in [-0.2, 0) is 0 Å². The lowest BCUT2D eigenvalue weighted by molar-refractivity contribution is 0.0734. The summed E-state index contributed by atoms with van der Waals surface area (Å²) in [6, 6.07) is 19.0. The summed E-state index contributed by atoms with van der Waals surface area (Å²) in [7, 11) is 0. The molecule has 0 fully saturated rings. The van der Waals surface area contributed by atoms with E-state index >= 15 is 0 Å². The monoisotopic (exact) mass is 420 g/mol. The molecule has 1 aliphatic rings. The van der Waals surface area contributed by atoms with Crippen LogP contribution in [0.25, 0.3) is 0 Å². The number of carbonyl (C=O) groups is 1. The van der Waals surface area contributed by atoms with Gasteiger partial charge in [0.05, 0.1) is 11.5 Å². The van der Waals surface area contributed by atoms with E-state index in [1.54, 1.807) is 48.5 Å². The number of esters is 1. The van der Waals surface area contributed by atoms with Crippen molar-refractivity contribution in [2.24, 2.45) is 5.73 Å². The van der Waals surface area contributed by atoms with Gasteiger partial charge in [0.15, 0.2) is 0 Å². The molecule has 30 heavy (non-hydrogen) atoms. The number of ether oxygens (including phenoxy) is 2. The standard InChI is InChI=1S/C23H14ClFN2O3/c24-15-5-1-14(2-6-15)23(28)29-17-9-10-18-20(11-17)30-22(27)19(12-26)21(18)13-3-7-16(25)8-4-13/h1-11,21H,27H2. The maximum atomic E-state index is 13.4. The third-order valence-corrected chi connectivity index (χ3v) is 4.94. The second-order valence-electron chi connectivity index (χ2n) is 6.57. The molecule has 3 aromatic rings. The minimum Gasteiger partial charge on any atom is -0.440 e. The second kappa shape index (κ2) is 7.90. The molecule has 5 nitrogen and oxygen atoms in total. The van der Waals surface area contributed by atoms with Crippen molar-refractivity contribution in [1.29, 1.82) is 5.26 Å². The summed E-state index contributed by atoms with van der Waals surface area (Å²) in [6.07, 6.45) is 0. The minimum absolute atomic E-state index is 0.0551. The Hall–Kier alpha value is -3.82. The highest BCUT2D eigenvalue weighted by atomic mass is 35.5. The van der Waals surface area contributed by atoms with Crippen LogP contribution in [0, 0.1) is 17.1 Å². The van der Waals surface area contributed by atoms with Gasteiger partial charge in [-0.1, -0.05) is 29.8 Å². The average molecular weight is 421 g/mol. The number of fused-ring (bicyclic) bond motifs is 1. The van der Waals surface area contributed by atoms with Crippen LogP contribution in [0.3, 0.4) is 0 Å². The Kier molecular flexibility index (Phi) is 5.13. The molecule has 0 bridgehead atoms. The van der Waals surface area contributed by atoms with E-state index in [1.165, 1.54) is 18.2 Å². The number of hydrogen-bond donors (Lipinski definition) is 1. The Bertz CT molecular complexity index is 1200. The van der Waals surface area contributed by atoms with Gasteiger partial charge in [0.2, 0.25) is 5.88 Å². The van der Waals surface area contributed by atoms with Crippen LogP contribution >= 0.6 is 11.6 Å². The van der Waals surface area contributed by atoms with Gasteiger partial charge in [-0.25, -0.2) is 9.18 Å². The Morgan fingerprint density at radius 1 is 1.10 bits per heavy atom. The van der Waals surface area contributed by atoms with E-state index in [0.29, 0.717) is 27.5 Å². The first kappa shape index (κ1) is 19.5. The topological polar surface area (TPSA) is 85.3 Å². The maximum absolute atomic E-state index is 13.4. The molecule has 0 amide bonds. The predicted molar refractivity (Wildman–Crippen MR) is 109 cm³/mol. The molecule has 0 aromatic heterocycles. The van der Waals surface area contributed by atoms with Gasteiger partial charge in [-0.05, 0) is 48.0 Å². The molecule has 3 aromatic carbocycles. The first-order valence-corrected chi connectivity index (χ1v) is 9.29. The third kappa shape index (κ3) is 3.71. The fourth-order valence-corrected chi connectivity index (χ4v) is 3.38. The third-order valence-electron chi connectivity index (χ3n) is 4.68. The van der Waals surface area contributed by atoms with Crippen molar-refractivity contribution in [1.82, 2.24) is 0 Å². The molecule has 7 heteroatoms. The smallest absolute Gasteiger partial charge is 0.343 e. The number of hydrogen-bond acceptors (Lipinski definition) is 5. The van der Waals surface area contributed by atoms with Crippen molar-refractivity contribution in [2.75, 3.05) is 0 Å². The van der Waals surface area contributed by atoms with Gasteiger partial charge < -0.3 is 15.2 Å². The van der Waals surface area contributed by atoms with Crippen LogP contribution in [0.15, 0.2) is 78.2 Å². The van der Waals surface area contributed by atoms with Crippen LogP contribution < -0.4 is 15.2 Å². The lowest BCUT2D eigenvalue weighted by atomic mass is 9.83. The van der Waals surface area contributed by atoms with E-state index in [2.05, 4.69) is 6.07 Å². The first-order valence-electron chi connectivity index (χ1n) is 8.91. The highest BCUT2D eigenvalue weighted by molar-refractivity contribution is 6.30. The molecule has 0 radical (unpaired) electrons. The molecular weight excluding hydrogens is 407 g/mol. The molecule has 1 aliphatic heterocycles. The van der Waals surface area contributed by atoms with Crippen molar-refractivity contribution in [3.8, 4) is 17.6 Å². The maximum Gasteiger partial charge on any atom is 0.343 e. The zero-order valence-electron chi connectivity index (χ0n) is 15.4. The second-order valence-corrected chi connectivity index (χ2v) is 7.01. The number of allylic oxidation sites excluding steroid dienone is 1. The molecule has 0 aliphatic carbocycles. The fourth-order valence-electron chi connectivity index (χ4n) is 3.25. The first-order chi connectivity index (χ1) is 14.5. The van der Waals surface area contributed by atoms with Crippen molar-refractivity contribution in [3.05, 3.63) is 106 Å². The lowest BCUT2D eigenvalue weighted by Gasteiger charge is -2.26. The van der Waals surface area contributed by atoms with Gasteiger partial charge >= 0.3 is 5.97 Å². The summed E-state index contributed by atoms with van der Waals surface area (Å²) in [5.74, 6) is -0.924. The Balaban J connectivity index is 1.68. The molecule has 148 valence electrons. The quantitative estimate of drug-likeness (QED) is 0.480. The number of rotatable bonds is 3. The molecule has 2 N–H and O–H groups in total. The fraction of sp³-hybridized carbons (Fsp3) is 0.0435. The van der Waals surface area contributed by atoms with Crippen molar-refractivity contribution < 1.29 is 18.7 Å². The van der Waals surface area contributed by atoms with Crippen LogP contribution in [0.1, 0.15) is 27.4 Å². The molecule has 0 spiro atoms. The van der Waals surface area contributed by atoms with E-state index < -0.39 is 11.9 Å². The van der Waals surface area contributed by atoms with Gasteiger partial charge in [0, 0.05) is 16.7 Å². The predicted octanol–water partition coefficient (Wildman–Crippen LogP) is 4.92. The van der Waals surface area contributed by atoms with E-state index in [-0.39, 0.29) is 23.0 Å². The van der Waals surface area contributed by atoms with Gasteiger partial charge in [-0.2, -0.15) is 5.26 Å². The Morgan fingerprint density at radius 2 is 1.80 bits per heavy atom. The molecule has 0 saturated heterocycles. The molecule has 4 rings (SSSR count). The summed E-state index contributed by atoms with van der Waals surface area (Å²) in [4.78, 5) is 12.4. The number of halogens is 2. The molecule has 1 unspecified atom stereocenters. The van der Waals surface area contributed by atoms with Crippen LogP contribution in [0.4, 0.5) is 4.39 Å². The average Bonchev–Trinajstić information content (AvgIpc) is 2.74. The van der Waals surface area contributed by atoms with E-state index in [9.17, 15) is 14.4 Å². The van der Waals surface area contributed by atoms with Crippen LogP contribution in [0.5, 0.6) is 11.5 Å². The summed E-state index contributed by atoms with van der Waals surface area (Å²) in [5.41, 5.74) is 7.86. The van der Waals surface area contributed by atoms with Gasteiger partial charge in [0.1, 0.15) is 29.0 Å². The summed E-state index contributed by atoms with van der Waals surface area (Å²) >= 11 is 5.84. The molecule has 0 saturated carbocycles. The number of carbonyl (C=O) groups excluding carboxylic acids is 1. The van der Waals surface area contributed by atoms with E-state index in [4.69, 9.17) is 26.8 Å². The number of benzene rings is 3. The largest absolute Gasteiger partial charge is 0.440 e. The number of nitriles is 1. The zero-order valence-corrected chi connectivity index (χ0v) is 16.2. The zero-order chi connectivity index (χ0) is 21.3. The summed E-state index contributed by atoms with van der Waals surface area (Å²) in [5, 5.41) is 10.1. The number of nitrogens with zero attached hydrogens (tertiary/aromatic N) is 1. The molecule has 1 heterocycles. The van der Waals surface area contributed by atoms with Crippen LogP contribution in [-0.4, -0.2) is 5.97 Å². The lowest BCUT2D eigenvalue weighted by Crippen LogP contribution is -2.21. The van der Waals surface area contributed by atoms with E-state index in [0.717, 1.165) is 0 Å². The highest BCUT2D eigenvalue weighted by Gasteiger charge is 2.31. The summed E-state index contributed by atoms with van der Waals surface area (Å²) in [6.45, 7) is 0. The van der Waals surface area contributed by atoms with Gasteiger partial charge in [-0.3, -0.25) is 0 Å². The number of nitrogens with two attached hydrogens (primary N) is 1. The van der Waals surface area contributed by atoms with Gasteiger partial charge in [-0.15, -0.1) is 0 Å². The van der Waals surface area contributed by atoms with Crippen molar-refractivity contribution in [2.45, 2.75) is 5.92 Å². The minimum atomic E-state index is -0.557. The van der Waals surface area contributed by atoms with E-state index in [1.807, 2.05) is 0 Å². The molecular formula is C23H14ClFN2O3. The highest BCUT2D eigenvalue weighted by Crippen LogP contribution is 2.43. The van der Waals surface area contributed by atoms with Crippen LogP contribution in [0.2, 0.25) is 5.02 Å². The molecule has 1 atom stereocenters. The Morgan fingerprint density at radius 3 is 2.47 bits per heavy atom. The Labute approximate surface area is 176 Å². The van der Waals surface area contributed by atoms with Gasteiger partial charge in [0.25, 0.3) is 0 Å². The van der Waals surface area contributed by atoms with Crippen molar-refractivity contribution >= 4 is 17.6 Å². The normalized spacial score (nSPS) is 15.0. The SMILES string of the molecule is N#CC1=C(N)Oc2cc(OC(=O)c3ccc(Cl)cc3)ccc2C1c1ccc(F)cc1. The summed E-state index contributed by atoms with van der Waals surface area (Å²) < 4.78 is 24.4.